The number of carbonyl (C=O) groups excluding carboxylic acids is 1. The Morgan fingerprint density at radius 3 is 2.48 bits per heavy atom. The van der Waals surface area contributed by atoms with Crippen LogP contribution in [0.25, 0.3) is 5.65 Å². The van der Waals surface area contributed by atoms with Gasteiger partial charge in [0.1, 0.15) is 5.65 Å². The number of likely N-dealkylation sites (tertiary alicyclic amines) is 1. The topological polar surface area (TPSA) is 37.6 Å². The van der Waals surface area contributed by atoms with Crippen LogP contribution < -0.4 is 0 Å². The summed E-state index contributed by atoms with van der Waals surface area (Å²) >= 11 is 0. The van der Waals surface area contributed by atoms with Crippen molar-refractivity contribution in [1.82, 2.24) is 14.3 Å². The number of benzene rings is 2. The maximum Gasteiger partial charge on any atom is 0.223 e. The monoisotopic (exact) mass is 437 g/mol. The molecule has 0 spiro atoms. The van der Waals surface area contributed by atoms with Crippen molar-refractivity contribution in [2.45, 2.75) is 38.5 Å². The molecule has 33 heavy (non-hydrogen) atoms. The molecule has 0 bridgehead atoms. The molecule has 2 aromatic heterocycles. The van der Waals surface area contributed by atoms with Gasteiger partial charge in [-0.3, -0.25) is 4.79 Å². The van der Waals surface area contributed by atoms with Gasteiger partial charge in [-0.2, -0.15) is 0 Å². The van der Waals surface area contributed by atoms with Crippen LogP contribution in [0.3, 0.4) is 0 Å². The zero-order valence-electron chi connectivity index (χ0n) is 19.2. The van der Waals surface area contributed by atoms with Crippen molar-refractivity contribution in [3.8, 4) is 0 Å². The third kappa shape index (κ3) is 4.70. The molecule has 5 rings (SSSR count). The number of nitrogens with zero attached hydrogens (tertiary/aromatic N) is 3. The average molecular weight is 438 g/mol. The van der Waals surface area contributed by atoms with E-state index in [0.717, 1.165) is 43.7 Å². The van der Waals surface area contributed by atoms with Crippen LogP contribution >= 0.6 is 0 Å². The van der Waals surface area contributed by atoms with Gasteiger partial charge >= 0.3 is 0 Å². The number of pyridine rings is 1. The summed E-state index contributed by atoms with van der Waals surface area (Å²) in [5, 5.41) is 0. The molecular formula is C29H31N3O. The van der Waals surface area contributed by atoms with Gasteiger partial charge in [-0.25, -0.2) is 4.98 Å². The molecule has 4 nitrogen and oxygen atoms in total. The highest BCUT2D eigenvalue weighted by Gasteiger charge is 2.28. The zero-order chi connectivity index (χ0) is 22.6. The highest BCUT2D eigenvalue weighted by atomic mass is 16.2. The molecule has 4 aromatic rings. The van der Waals surface area contributed by atoms with Gasteiger partial charge in [-0.15, -0.1) is 0 Å². The summed E-state index contributed by atoms with van der Waals surface area (Å²) in [6, 6.07) is 25.2. The van der Waals surface area contributed by atoms with Crippen LogP contribution in [0.15, 0.2) is 85.2 Å². The first-order valence-corrected chi connectivity index (χ1v) is 12.0. The Morgan fingerprint density at radius 2 is 1.70 bits per heavy atom. The van der Waals surface area contributed by atoms with E-state index in [-0.39, 0.29) is 11.8 Å². The summed E-state index contributed by atoms with van der Waals surface area (Å²) in [5.74, 6) is 0.882. The maximum absolute atomic E-state index is 13.5. The predicted molar refractivity (Wildman–Crippen MR) is 132 cm³/mol. The fraction of sp³-hybridized carbons (Fsp3) is 0.310. The quantitative estimate of drug-likeness (QED) is 0.391. The molecule has 4 heteroatoms. The number of hydrogen-bond donors (Lipinski definition) is 0. The fourth-order valence-electron chi connectivity index (χ4n) is 5.20. The van der Waals surface area contributed by atoms with E-state index < -0.39 is 0 Å². The summed E-state index contributed by atoms with van der Waals surface area (Å²) in [6.07, 6.45) is 7.71. The van der Waals surface area contributed by atoms with Crippen molar-refractivity contribution in [3.05, 3.63) is 108 Å². The normalized spacial score (nSPS) is 15.6. The molecule has 0 aliphatic carbocycles. The molecule has 0 radical (unpaired) electrons. The lowest BCUT2D eigenvalue weighted by Gasteiger charge is -2.33. The predicted octanol–water partition coefficient (Wildman–Crippen LogP) is 5.65. The minimum Gasteiger partial charge on any atom is -0.343 e. The van der Waals surface area contributed by atoms with E-state index in [1.807, 2.05) is 30.6 Å². The molecule has 1 saturated heterocycles. The van der Waals surface area contributed by atoms with Gasteiger partial charge < -0.3 is 9.30 Å². The molecule has 3 heterocycles. The van der Waals surface area contributed by atoms with Crippen LogP contribution in [0, 0.1) is 12.8 Å². The smallest absolute Gasteiger partial charge is 0.223 e. The Kier molecular flexibility index (Phi) is 6.25. The maximum atomic E-state index is 13.5. The van der Waals surface area contributed by atoms with Crippen LogP contribution in [0.2, 0.25) is 0 Å². The first-order chi connectivity index (χ1) is 16.2. The van der Waals surface area contributed by atoms with Gasteiger partial charge in [0.2, 0.25) is 5.91 Å². The summed E-state index contributed by atoms with van der Waals surface area (Å²) in [4.78, 5) is 20.2. The number of aromatic nitrogens is 2. The Bertz CT molecular complexity index is 1220. The molecular weight excluding hydrogens is 406 g/mol. The number of hydrogen-bond acceptors (Lipinski definition) is 2. The highest BCUT2D eigenvalue weighted by molar-refractivity contribution is 5.78. The molecule has 168 valence electrons. The van der Waals surface area contributed by atoms with Crippen LogP contribution in [0.1, 0.15) is 47.6 Å². The number of rotatable bonds is 6. The third-order valence-electron chi connectivity index (χ3n) is 7.08. The van der Waals surface area contributed by atoms with Crippen molar-refractivity contribution >= 4 is 11.6 Å². The van der Waals surface area contributed by atoms with E-state index in [2.05, 4.69) is 75.8 Å². The van der Waals surface area contributed by atoms with Crippen molar-refractivity contribution < 1.29 is 4.79 Å². The van der Waals surface area contributed by atoms with E-state index in [0.29, 0.717) is 12.3 Å². The molecule has 1 unspecified atom stereocenters. The Hall–Kier alpha value is -3.40. The van der Waals surface area contributed by atoms with Crippen LogP contribution in [-0.2, 0) is 11.2 Å². The number of fused-ring (bicyclic) bond motifs is 1. The molecule has 0 saturated carbocycles. The van der Waals surface area contributed by atoms with Gasteiger partial charge in [-0.1, -0.05) is 60.7 Å². The number of carbonyl (C=O) groups is 1. The SMILES string of the molecule is Cc1ccccc1C(CC(=O)N1CCC(Cc2ccccc2)CC1)c1cnc2ccccn12. The highest BCUT2D eigenvalue weighted by Crippen LogP contribution is 2.32. The summed E-state index contributed by atoms with van der Waals surface area (Å²) in [7, 11) is 0. The second-order valence-electron chi connectivity index (χ2n) is 9.24. The van der Waals surface area contributed by atoms with E-state index >= 15 is 0 Å². The van der Waals surface area contributed by atoms with Gasteiger partial charge in [0.15, 0.2) is 0 Å². The summed E-state index contributed by atoms with van der Waals surface area (Å²) in [6.45, 7) is 3.83. The van der Waals surface area contributed by atoms with Crippen LogP contribution in [-0.4, -0.2) is 33.3 Å². The lowest BCUT2D eigenvalue weighted by atomic mass is 9.87. The summed E-state index contributed by atoms with van der Waals surface area (Å²) in [5.41, 5.74) is 5.81. The van der Waals surface area contributed by atoms with E-state index in [1.54, 1.807) is 0 Å². The second kappa shape index (κ2) is 9.62. The molecule has 1 amide bonds. The molecule has 1 aliphatic rings. The summed E-state index contributed by atoms with van der Waals surface area (Å²) < 4.78 is 2.12. The van der Waals surface area contributed by atoms with Gasteiger partial charge in [-0.05, 0) is 60.9 Å². The lowest BCUT2D eigenvalue weighted by molar-refractivity contribution is -0.132. The average Bonchev–Trinajstić information content (AvgIpc) is 3.28. The van der Waals surface area contributed by atoms with Gasteiger partial charge in [0.25, 0.3) is 0 Å². The van der Waals surface area contributed by atoms with Crippen molar-refractivity contribution in [2.24, 2.45) is 5.92 Å². The number of amides is 1. The minimum absolute atomic E-state index is 0.0156. The molecule has 1 fully saturated rings. The van der Waals surface area contributed by atoms with E-state index in [1.165, 1.54) is 16.7 Å². The molecule has 1 aliphatic heterocycles. The number of imidazole rings is 1. The first kappa shape index (κ1) is 21.4. The Balaban J connectivity index is 1.32. The molecule has 0 N–H and O–H groups in total. The van der Waals surface area contributed by atoms with Crippen molar-refractivity contribution in [2.75, 3.05) is 13.1 Å². The fourth-order valence-corrected chi connectivity index (χ4v) is 5.20. The lowest BCUT2D eigenvalue weighted by Crippen LogP contribution is -2.39. The number of piperidine rings is 1. The van der Waals surface area contributed by atoms with Gasteiger partial charge in [0, 0.05) is 37.8 Å². The van der Waals surface area contributed by atoms with Crippen LogP contribution in [0.5, 0.6) is 0 Å². The minimum atomic E-state index is -0.0156. The molecule has 1 atom stereocenters. The standard InChI is InChI=1S/C29H31N3O/c1-22-9-5-6-12-25(22)26(27-21-30-28-13-7-8-16-32(27)28)20-29(33)31-17-14-24(15-18-31)19-23-10-3-2-4-11-23/h2-13,16,21,24,26H,14-15,17-20H2,1H3. The Morgan fingerprint density at radius 1 is 0.970 bits per heavy atom. The van der Waals surface area contributed by atoms with E-state index in [4.69, 9.17) is 0 Å². The van der Waals surface area contributed by atoms with Crippen molar-refractivity contribution in [3.63, 3.8) is 0 Å². The second-order valence-corrected chi connectivity index (χ2v) is 9.24. The van der Waals surface area contributed by atoms with E-state index in [9.17, 15) is 4.79 Å². The van der Waals surface area contributed by atoms with Crippen molar-refractivity contribution in [1.29, 1.82) is 0 Å². The molecule has 2 aromatic carbocycles. The first-order valence-electron chi connectivity index (χ1n) is 12.0. The van der Waals surface area contributed by atoms with Crippen LogP contribution in [0.4, 0.5) is 0 Å². The van der Waals surface area contributed by atoms with Gasteiger partial charge in [0.05, 0.1) is 5.69 Å². The largest absolute Gasteiger partial charge is 0.343 e. The zero-order valence-corrected chi connectivity index (χ0v) is 19.2. The Labute approximate surface area is 195 Å². The third-order valence-corrected chi connectivity index (χ3v) is 7.08. The number of aryl methyl sites for hydroxylation is 1.